The maximum atomic E-state index is 13.8. The largest absolute Gasteiger partial charge is 0.433 e. The summed E-state index contributed by atoms with van der Waals surface area (Å²) in [5.41, 5.74) is -0.0666. The Morgan fingerprint density at radius 1 is 1.33 bits per heavy atom. The molecule has 6 nitrogen and oxygen atoms in total. The monoisotopic (exact) mass is 438 g/mol. The Bertz CT molecular complexity index is 1030. The van der Waals surface area contributed by atoms with Crippen LogP contribution in [0.15, 0.2) is 29.6 Å². The minimum absolute atomic E-state index is 0.0816. The molecular weight excluding hydrogens is 417 g/mol. The number of carbonyl (C=O) groups excluding carboxylic acids is 1. The molecule has 1 aliphatic heterocycles. The van der Waals surface area contributed by atoms with Crippen molar-refractivity contribution in [2.24, 2.45) is 0 Å². The fourth-order valence-corrected chi connectivity index (χ4v) is 4.46. The van der Waals surface area contributed by atoms with E-state index < -0.39 is 11.9 Å². The van der Waals surface area contributed by atoms with Crippen molar-refractivity contribution in [2.75, 3.05) is 20.3 Å². The van der Waals surface area contributed by atoms with E-state index >= 15 is 0 Å². The Morgan fingerprint density at radius 2 is 2.17 bits per heavy atom. The number of methoxy groups -OCH3 is 1. The molecule has 1 saturated heterocycles. The van der Waals surface area contributed by atoms with Crippen LogP contribution in [0, 0.1) is 0 Å². The number of alkyl halides is 3. The number of nitrogens with zero attached hydrogens (tertiary/aromatic N) is 4. The zero-order valence-corrected chi connectivity index (χ0v) is 17.2. The maximum absolute atomic E-state index is 13.8. The van der Waals surface area contributed by atoms with Crippen LogP contribution in [-0.2, 0) is 15.7 Å². The number of rotatable bonds is 5. The molecular formula is C20H21F3N4O2S. The van der Waals surface area contributed by atoms with Crippen LogP contribution in [0.3, 0.4) is 0 Å². The first-order valence-electron chi connectivity index (χ1n) is 9.68. The highest BCUT2D eigenvalue weighted by atomic mass is 32.1. The van der Waals surface area contributed by atoms with Gasteiger partial charge in [0.2, 0.25) is 5.91 Å². The maximum Gasteiger partial charge on any atom is 0.433 e. The number of hydrogen-bond donors (Lipinski definition) is 0. The molecule has 30 heavy (non-hydrogen) atoms. The molecule has 1 fully saturated rings. The molecule has 4 heterocycles. The van der Waals surface area contributed by atoms with Gasteiger partial charge in [-0.25, -0.2) is 9.50 Å². The topological polar surface area (TPSA) is 59.7 Å². The Balaban J connectivity index is 1.77. The number of thiophene rings is 1. The van der Waals surface area contributed by atoms with E-state index in [4.69, 9.17) is 4.74 Å². The lowest BCUT2D eigenvalue weighted by molar-refractivity contribution is -0.143. The average molecular weight is 438 g/mol. The van der Waals surface area contributed by atoms with Gasteiger partial charge in [0.1, 0.15) is 0 Å². The second-order valence-electron chi connectivity index (χ2n) is 7.18. The van der Waals surface area contributed by atoms with E-state index in [1.54, 1.807) is 28.5 Å². The van der Waals surface area contributed by atoms with Crippen LogP contribution in [0.2, 0.25) is 0 Å². The quantitative estimate of drug-likeness (QED) is 0.586. The number of likely N-dealkylation sites (tertiary alicyclic amines) is 1. The van der Waals surface area contributed by atoms with Gasteiger partial charge in [0, 0.05) is 19.7 Å². The van der Waals surface area contributed by atoms with Crippen molar-refractivity contribution in [2.45, 2.75) is 37.9 Å². The third kappa shape index (κ3) is 4.06. The predicted octanol–water partition coefficient (Wildman–Crippen LogP) is 4.57. The fraction of sp³-hybridized carbons (Fsp3) is 0.450. The van der Waals surface area contributed by atoms with E-state index in [9.17, 15) is 18.0 Å². The Hall–Kier alpha value is -2.46. The van der Waals surface area contributed by atoms with Crippen molar-refractivity contribution >= 4 is 22.9 Å². The predicted molar refractivity (Wildman–Crippen MR) is 106 cm³/mol. The highest BCUT2D eigenvalue weighted by Crippen LogP contribution is 2.36. The summed E-state index contributed by atoms with van der Waals surface area (Å²) in [4.78, 5) is 19.4. The number of carbonyl (C=O) groups is 1. The molecule has 1 unspecified atom stereocenters. The lowest BCUT2D eigenvalue weighted by Crippen LogP contribution is -2.39. The van der Waals surface area contributed by atoms with Crippen LogP contribution in [0.5, 0.6) is 0 Å². The van der Waals surface area contributed by atoms with Crippen LogP contribution in [0.1, 0.15) is 43.1 Å². The minimum atomic E-state index is -4.59. The van der Waals surface area contributed by atoms with Gasteiger partial charge in [-0.1, -0.05) is 6.07 Å². The summed E-state index contributed by atoms with van der Waals surface area (Å²) in [7, 11) is 1.53. The molecule has 0 aliphatic carbocycles. The van der Waals surface area contributed by atoms with Crippen molar-refractivity contribution in [3.8, 4) is 10.6 Å². The zero-order valence-electron chi connectivity index (χ0n) is 16.4. The molecule has 10 heteroatoms. The van der Waals surface area contributed by atoms with Crippen molar-refractivity contribution in [1.82, 2.24) is 19.5 Å². The minimum Gasteiger partial charge on any atom is -0.384 e. The number of piperidine rings is 1. The van der Waals surface area contributed by atoms with E-state index in [0.717, 1.165) is 23.4 Å². The highest BCUT2D eigenvalue weighted by Gasteiger charge is 2.36. The first-order valence-corrected chi connectivity index (χ1v) is 10.6. The van der Waals surface area contributed by atoms with Gasteiger partial charge in [0.15, 0.2) is 11.3 Å². The molecule has 1 aliphatic rings. The molecule has 0 spiro atoms. The number of fused-ring (bicyclic) bond motifs is 1. The SMILES string of the molecule is COCCC(=O)N1CCCCC1c1cc2nc(-c3cccs3)cc(C(F)(F)F)n2n1. The molecule has 1 atom stereocenters. The first-order chi connectivity index (χ1) is 14.4. The van der Waals surface area contributed by atoms with Gasteiger partial charge in [-0.15, -0.1) is 11.3 Å². The van der Waals surface area contributed by atoms with Crippen LogP contribution >= 0.6 is 11.3 Å². The number of hydrogen-bond acceptors (Lipinski definition) is 5. The van der Waals surface area contributed by atoms with Crippen LogP contribution in [-0.4, -0.2) is 45.7 Å². The van der Waals surface area contributed by atoms with Crippen molar-refractivity contribution in [3.05, 3.63) is 41.0 Å². The number of halogens is 3. The second-order valence-corrected chi connectivity index (χ2v) is 8.13. The molecule has 3 aromatic heterocycles. The number of amides is 1. The molecule has 0 N–H and O–H groups in total. The van der Waals surface area contributed by atoms with Crippen molar-refractivity contribution in [1.29, 1.82) is 0 Å². The van der Waals surface area contributed by atoms with Gasteiger partial charge < -0.3 is 9.64 Å². The fourth-order valence-electron chi connectivity index (χ4n) is 3.78. The highest BCUT2D eigenvalue weighted by molar-refractivity contribution is 7.13. The van der Waals surface area contributed by atoms with E-state index in [0.29, 0.717) is 30.1 Å². The summed E-state index contributed by atoms with van der Waals surface area (Å²) in [6, 6.07) is 5.73. The van der Waals surface area contributed by atoms with Crippen LogP contribution in [0.25, 0.3) is 16.2 Å². The molecule has 0 bridgehead atoms. The standard InChI is InChI=1S/C20H21F3N4O2S/c1-29-9-7-19(28)26-8-3-2-5-15(26)13-12-18-24-14(16-6-4-10-30-16)11-17(20(21,22)23)27(18)25-13/h4,6,10-12,15H,2-3,5,7-9H2,1H3. The van der Waals surface area contributed by atoms with Crippen LogP contribution in [0.4, 0.5) is 13.2 Å². The zero-order chi connectivity index (χ0) is 21.3. The van der Waals surface area contributed by atoms with Gasteiger partial charge in [-0.3, -0.25) is 4.79 Å². The van der Waals surface area contributed by atoms with Gasteiger partial charge in [0.25, 0.3) is 0 Å². The molecule has 1 amide bonds. The lowest BCUT2D eigenvalue weighted by atomic mass is 9.99. The Labute approximate surface area is 175 Å². The number of aromatic nitrogens is 3. The lowest BCUT2D eigenvalue weighted by Gasteiger charge is -2.34. The molecule has 4 rings (SSSR count). The number of ether oxygens (including phenoxy) is 1. The van der Waals surface area contributed by atoms with Gasteiger partial charge in [0.05, 0.1) is 35.3 Å². The summed E-state index contributed by atoms with van der Waals surface area (Å²) >= 11 is 1.33. The molecule has 3 aromatic rings. The normalized spacial score (nSPS) is 17.6. The summed E-state index contributed by atoms with van der Waals surface area (Å²) in [5, 5.41) is 6.04. The van der Waals surface area contributed by atoms with Crippen molar-refractivity contribution < 1.29 is 22.7 Å². The molecule has 0 saturated carbocycles. The van der Waals surface area contributed by atoms with Crippen LogP contribution < -0.4 is 0 Å². The summed E-state index contributed by atoms with van der Waals surface area (Å²) in [6.07, 6.45) is -1.96. The average Bonchev–Trinajstić information content (AvgIpc) is 3.40. The van der Waals surface area contributed by atoms with E-state index in [2.05, 4.69) is 10.1 Å². The van der Waals surface area contributed by atoms with E-state index in [1.165, 1.54) is 18.4 Å². The second kappa shape index (κ2) is 8.35. The van der Waals surface area contributed by atoms with E-state index in [1.807, 2.05) is 0 Å². The van der Waals surface area contributed by atoms with Gasteiger partial charge in [-0.05, 0) is 36.8 Å². The third-order valence-corrected chi connectivity index (χ3v) is 6.09. The van der Waals surface area contributed by atoms with Gasteiger partial charge in [-0.2, -0.15) is 18.3 Å². The molecule has 0 aromatic carbocycles. The summed E-state index contributed by atoms with van der Waals surface area (Å²) in [6.45, 7) is 0.859. The molecule has 0 radical (unpaired) electrons. The van der Waals surface area contributed by atoms with E-state index in [-0.39, 0.29) is 29.7 Å². The van der Waals surface area contributed by atoms with Gasteiger partial charge >= 0.3 is 6.18 Å². The Morgan fingerprint density at radius 3 is 2.87 bits per heavy atom. The third-order valence-electron chi connectivity index (χ3n) is 5.19. The summed E-state index contributed by atoms with van der Waals surface area (Å²) in [5.74, 6) is -0.0816. The summed E-state index contributed by atoms with van der Waals surface area (Å²) < 4.78 is 47.2. The molecule has 160 valence electrons. The van der Waals surface area contributed by atoms with Crippen molar-refractivity contribution in [3.63, 3.8) is 0 Å². The first kappa shape index (κ1) is 20.8. The smallest absolute Gasteiger partial charge is 0.384 e. The Kier molecular flexibility index (Phi) is 5.79.